The molecule has 1 aliphatic rings. The molecular weight excluding hydrogens is 562 g/mol. The van der Waals surface area contributed by atoms with E-state index in [0.29, 0.717) is 44.8 Å². The third-order valence-electron chi connectivity index (χ3n) is 6.11. The molecule has 2 heterocycles. The summed E-state index contributed by atoms with van der Waals surface area (Å²) in [5.41, 5.74) is 7.59. The summed E-state index contributed by atoms with van der Waals surface area (Å²) in [6, 6.07) is 14.3. The minimum Gasteiger partial charge on any atom is -0.384 e. The largest absolute Gasteiger partial charge is 0.384 e. The van der Waals surface area contributed by atoms with Crippen LogP contribution < -0.4 is 16.4 Å². The molecule has 1 unspecified atom stereocenters. The minimum absolute atomic E-state index is 0.0849. The van der Waals surface area contributed by atoms with Crippen molar-refractivity contribution in [3.05, 3.63) is 70.1 Å². The average Bonchev–Trinajstić information content (AvgIpc) is 3.35. The number of amidine groups is 1. The zero-order chi connectivity index (χ0) is 28.2. The van der Waals surface area contributed by atoms with Crippen LogP contribution in [0, 0.1) is 5.41 Å². The fourth-order valence-corrected chi connectivity index (χ4v) is 6.81. The molecule has 5 N–H and O–H groups in total. The molecule has 2 amide bonds. The van der Waals surface area contributed by atoms with Crippen LogP contribution in [0.1, 0.15) is 30.5 Å². The smallest absolute Gasteiger partial charge is 0.243 e. The summed E-state index contributed by atoms with van der Waals surface area (Å²) in [7, 11) is -3.79. The number of hydrogen-bond donors (Lipinski definition) is 4. The Morgan fingerprint density at radius 3 is 2.41 bits per heavy atom. The Hall–Kier alpha value is -3.29. The van der Waals surface area contributed by atoms with E-state index in [0.717, 1.165) is 0 Å². The lowest BCUT2D eigenvalue weighted by Gasteiger charge is -2.27. The molecule has 1 atom stereocenters. The zero-order valence-electron chi connectivity index (χ0n) is 21.1. The second-order valence-electron chi connectivity index (χ2n) is 8.88. The normalized spacial score (nSPS) is 14.9. The number of anilines is 1. The second kappa shape index (κ2) is 12.3. The number of rotatable bonds is 9. The highest BCUT2D eigenvalue weighted by Gasteiger charge is 2.30. The van der Waals surface area contributed by atoms with Gasteiger partial charge in [-0.1, -0.05) is 17.7 Å². The van der Waals surface area contributed by atoms with Crippen molar-refractivity contribution in [2.24, 2.45) is 5.73 Å². The Bertz CT molecular complexity index is 1480. The molecule has 0 saturated carbocycles. The van der Waals surface area contributed by atoms with E-state index < -0.39 is 34.3 Å². The van der Waals surface area contributed by atoms with E-state index in [1.165, 1.54) is 15.6 Å². The number of nitrogens with two attached hydrogens (primary N) is 1. The van der Waals surface area contributed by atoms with Crippen LogP contribution in [0.4, 0.5) is 5.69 Å². The van der Waals surface area contributed by atoms with Crippen LogP contribution in [0.3, 0.4) is 0 Å². The van der Waals surface area contributed by atoms with Gasteiger partial charge in [-0.15, -0.1) is 11.3 Å². The summed E-state index contributed by atoms with van der Waals surface area (Å²) in [6.07, 6.45) is -0.407. The Labute approximate surface area is 235 Å². The molecule has 206 valence electrons. The van der Waals surface area contributed by atoms with Crippen molar-refractivity contribution in [1.29, 1.82) is 5.41 Å². The maximum atomic E-state index is 13.5. The van der Waals surface area contributed by atoms with Crippen LogP contribution in [0.2, 0.25) is 4.34 Å². The predicted octanol–water partition coefficient (Wildman–Crippen LogP) is 3.58. The maximum absolute atomic E-state index is 13.5. The molecule has 0 spiro atoms. The number of nitrogens with one attached hydrogen (secondary N) is 3. The summed E-state index contributed by atoms with van der Waals surface area (Å²) in [6.45, 7) is 2.96. The van der Waals surface area contributed by atoms with Crippen LogP contribution >= 0.6 is 22.9 Å². The van der Waals surface area contributed by atoms with Gasteiger partial charge in [0.1, 0.15) is 12.3 Å². The first-order valence-corrected chi connectivity index (χ1v) is 14.7. The van der Waals surface area contributed by atoms with Crippen molar-refractivity contribution in [2.75, 3.05) is 31.6 Å². The average molecular weight is 590 g/mol. The number of thiophene rings is 1. The van der Waals surface area contributed by atoms with Gasteiger partial charge in [0.2, 0.25) is 21.8 Å². The molecule has 0 radical (unpaired) electrons. The lowest BCUT2D eigenvalue weighted by Crippen LogP contribution is -2.40. The standard InChI is InChI=1S/C26H28ClN5O5S2/c1-16(30-24(33)15-25(34)31-19-5-2-17(3-6-19)26(28)29)18-4-8-22(20(14-18)21-7-9-23(27)38-21)39(35,36)32-10-12-37-13-11-32/h2-9,14,16H,10-13,15H2,1H3,(H3,28,29)(H,30,33)(H,31,34). The minimum atomic E-state index is -3.79. The summed E-state index contributed by atoms with van der Waals surface area (Å²) in [5, 5.41) is 12.9. The fourth-order valence-electron chi connectivity index (χ4n) is 4.08. The second-order valence-corrected chi connectivity index (χ2v) is 12.5. The number of nitrogen functional groups attached to an aromatic ring is 1. The molecule has 39 heavy (non-hydrogen) atoms. The number of morpholine rings is 1. The Balaban J connectivity index is 1.49. The molecule has 0 bridgehead atoms. The number of ether oxygens (including phenoxy) is 1. The Kier molecular flexibility index (Phi) is 9.03. The first-order valence-electron chi connectivity index (χ1n) is 12.1. The third kappa shape index (κ3) is 7.02. The van der Waals surface area contributed by atoms with Crippen molar-refractivity contribution in [1.82, 2.24) is 9.62 Å². The van der Waals surface area contributed by atoms with Crippen molar-refractivity contribution in [3.8, 4) is 10.4 Å². The highest BCUT2D eigenvalue weighted by molar-refractivity contribution is 7.89. The number of hydrogen-bond acceptors (Lipinski definition) is 7. The van der Waals surface area contributed by atoms with Gasteiger partial charge in [-0.3, -0.25) is 15.0 Å². The predicted molar refractivity (Wildman–Crippen MR) is 152 cm³/mol. The maximum Gasteiger partial charge on any atom is 0.243 e. The van der Waals surface area contributed by atoms with E-state index in [4.69, 9.17) is 27.5 Å². The van der Waals surface area contributed by atoms with Crippen molar-refractivity contribution in [2.45, 2.75) is 24.3 Å². The summed E-state index contributed by atoms with van der Waals surface area (Å²) >= 11 is 7.42. The Morgan fingerprint density at radius 2 is 1.79 bits per heavy atom. The van der Waals surface area contributed by atoms with E-state index in [9.17, 15) is 18.0 Å². The fraction of sp³-hybridized carbons (Fsp3) is 0.269. The third-order valence-corrected chi connectivity index (χ3v) is 9.33. The van der Waals surface area contributed by atoms with Gasteiger partial charge in [0.25, 0.3) is 0 Å². The van der Waals surface area contributed by atoms with Gasteiger partial charge in [-0.25, -0.2) is 8.42 Å². The van der Waals surface area contributed by atoms with Crippen molar-refractivity contribution < 1.29 is 22.7 Å². The molecule has 1 aromatic heterocycles. The van der Waals surface area contributed by atoms with Gasteiger partial charge in [0.05, 0.1) is 28.5 Å². The lowest BCUT2D eigenvalue weighted by atomic mass is 10.0. The van der Waals surface area contributed by atoms with Gasteiger partial charge in [-0.05, 0) is 61.0 Å². The van der Waals surface area contributed by atoms with Gasteiger partial charge < -0.3 is 21.1 Å². The van der Waals surface area contributed by atoms with E-state index in [1.807, 2.05) is 0 Å². The number of carbonyl (C=O) groups is 2. The molecule has 10 nitrogen and oxygen atoms in total. The molecule has 4 rings (SSSR count). The first kappa shape index (κ1) is 28.7. The van der Waals surface area contributed by atoms with Crippen LogP contribution in [0.15, 0.2) is 59.5 Å². The van der Waals surface area contributed by atoms with E-state index in [-0.39, 0.29) is 23.8 Å². The van der Waals surface area contributed by atoms with E-state index >= 15 is 0 Å². The van der Waals surface area contributed by atoms with E-state index in [2.05, 4.69) is 10.6 Å². The SMILES string of the molecule is CC(NC(=O)CC(=O)Nc1ccc(C(=N)N)cc1)c1ccc(S(=O)(=O)N2CCOCC2)c(-c2ccc(Cl)s2)c1. The molecule has 3 aromatic rings. The number of nitrogens with zero attached hydrogens (tertiary/aromatic N) is 1. The summed E-state index contributed by atoms with van der Waals surface area (Å²) in [4.78, 5) is 25.8. The number of halogens is 1. The molecule has 1 aliphatic heterocycles. The van der Waals surface area contributed by atoms with Gasteiger partial charge in [0, 0.05) is 34.8 Å². The van der Waals surface area contributed by atoms with E-state index in [1.54, 1.807) is 61.5 Å². The molecule has 1 saturated heterocycles. The number of amides is 2. The molecule has 0 aliphatic carbocycles. The quantitative estimate of drug-likeness (QED) is 0.170. The number of carbonyl (C=O) groups excluding carboxylic acids is 2. The highest BCUT2D eigenvalue weighted by Crippen LogP contribution is 2.37. The molecular formula is C26H28ClN5O5S2. The van der Waals surface area contributed by atoms with Crippen LogP contribution in [-0.2, 0) is 24.3 Å². The van der Waals surface area contributed by atoms with Crippen LogP contribution in [-0.4, -0.2) is 56.7 Å². The molecule has 1 fully saturated rings. The highest BCUT2D eigenvalue weighted by atomic mass is 35.5. The summed E-state index contributed by atoms with van der Waals surface area (Å²) in [5.74, 6) is -1.08. The van der Waals surface area contributed by atoms with Gasteiger partial charge in [0.15, 0.2) is 0 Å². The van der Waals surface area contributed by atoms with Crippen molar-refractivity contribution >= 4 is 56.3 Å². The lowest BCUT2D eigenvalue weighted by molar-refractivity contribution is -0.127. The Morgan fingerprint density at radius 1 is 1.10 bits per heavy atom. The molecule has 13 heteroatoms. The zero-order valence-corrected chi connectivity index (χ0v) is 23.5. The van der Waals surface area contributed by atoms with Crippen molar-refractivity contribution in [3.63, 3.8) is 0 Å². The summed E-state index contributed by atoms with van der Waals surface area (Å²) < 4.78 is 34.2. The van der Waals surface area contributed by atoms with Gasteiger partial charge >= 0.3 is 0 Å². The van der Waals surface area contributed by atoms with Crippen LogP contribution in [0.25, 0.3) is 10.4 Å². The first-order chi connectivity index (χ1) is 18.5. The monoisotopic (exact) mass is 589 g/mol. The molecule has 2 aromatic carbocycles. The van der Waals surface area contributed by atoms with Crippen LogP contribution in [0.5, 0.6) is 0 Å². The number of sulfonamides is 1. The number of benzene rings is 2. The van der Waals surface area contributed by atoms with Gasteiger partial charge in [-0.2, -0.15) is 4.31 Å². The topological polar surface area (TPSA) is 155 Å².